The molecule has 250 valence electrons. The Kier molecular flexibility index (Phi) is 10.4. The van der Waals surface area contributed by atoms with E-state index in [1.54, 1.807) is 55.6 Å². The minimum atomic E-state index is -2.14. The van der Waals surface area contributed by atoms with Crippen LogP contribution < -0.4 is 22.8 Å². The van der Waals surface area contributed by atoms with E-state index in [0.29, 0.717) is 57.4 Å². The molecule has 9 nitrogen and oxygen atoms in total. The molecule has 3 unspecified atom stereocenters. The Balaban J connectivity index is 1.50. The lowest BCUT2D eigenvalue weighted by Crippen LogP contribution is -2.16. The summed E-state index contributed by atoms with van der Waals surface area (Å²) >= 11 is 0. The number of para-hydroxylation sites is 2. The van der Waals surface area contributed by atoms with Crippen molar-refractivity contribution in [1.29, 1.82) is 0 Å². The molecular formula is C37H38O9P2. The van der Waals surface area contributed by atoms with Crippen LogP contribution in [0, 0.1) is 6.92 Å². The first kappa shape index (κ1) is 33.6. The largest absolute Gasteiger partial charge is 0.532 e. The standard InChI is InChI=1S/C37H38O9P2/c1-6-8-14-25-21-26(40-5)22-31(34(25)43-47-41-32-17-11-9-15-27(32)36(38)45-47)30-20-23(3)19-29(24(4)13-7-2)35(30)44-48-42-33-18-12-10-16-28(33)37(39)46-48/h9-12,15-22,24H,6-8,13-14H2,1-5H3. The number of fused-ring (bicyclic) bond motifs is 2. The number of rotatable bonds is 12. The van der Waals surface area contributed by atoms with Gasteiger partial charge in [-0.3, -0.25) is 0 Å². The maximum Gasteiger partial charge on any atom is 0.532 e. The van der Waals surface area contributed by atoms with Crippen molar-refractivity contribution >= 4 is 29.1 Å². The number of aryl methyl sites for hydroxylation is 2. The molecule has 0 aromatic heterocycles. The molecule has 0 bridgehead atoms. The van der Waals surface area contributed by atoms with Crippen LogP contribution in [0.4, 0.5) is 0 Å². The number of carbonyl (C=O) groups excluding carboxylic acids is 2. The van der Waals surface area contributed by atoms with Gasteiger partial charge < -0.3 is 31.9 Å². The summed E-state index contributed by atoms with van der Waals surface area (Å²) in [5.41, 5.74) is 4.84. The van der Waals surface area contributed by atoms with E-state index >= 15 is 0 Å². The Labute approximate surface area is 283 Å². The van der Waals surface area contributed by atoms with Gasteiger partial charge in [0.2, 0.25) is 0 Å². The second-order valence-electron chi connectivity index (χ2n) is 11.7. The third-order valence-electron chi connectivity index (χ3n) is 8.19. The molecule has 11 heteroatoms. The number of unbranched alkanes of at least 4 members (excludes halogenated alkanes) is 1. The van der Waals surface area contributed by atoms with E-state index in [9.17, 15) is 9.59 Å². The highest BCUT2D eigenvalue weighted by atomic mass is 31.2. The van der Waals surface area contributed by atoms with Gasteiger partial charge in [0.15, 0.2) is 0 Å². The van der Waals surface area contributed by atoms with Crippen LogP contribution in [0.1, 0.15) is 89.8 Å². The Hall–Kier alpha value is -4.32. The second kappa shape index (κ2) is 14.8. The third-order valence-corrected chi connectivity index (χ3v) is 10.2. The van der Waals surface area contributed by atoms with Gasteiger partial charge in [0.05, 0.1) is 7.11 Å². The topological polar surface area (TPSA) is 98.8 Å². The zero-order chi connectivity index (χ0) is 33.8. The van der Waals surface area contributed by atoms with Gasteiger partial charge in [-0.25, -0.2) is 9.59 Å². The molecule has 0 saturated heterocycles. The normalized spacial score (nSPS) is 17.1. The Morgan fingerprint density at radius 1 is 0.708 bits per heavy atom. The summed E-state index contributed by atoms with van der Waals surface area (Å²) in [5.74, 6) is 1.52. The number of ether oxygens (including phenoxy) is 1. The van der Waals surface area contributed by atoms with Crippen LogP contribution in [0.25, 0.3) is 11.1 Å². The van der Waals surface area contributed by atoms with Crippen LogP contribution >= 0.6 is 17.2 Å². The summed E-state index contributed by atoms with van der Waals surface area (Å²) in [4.78, 5) is 25.9. The Bertz CT molecular complexity index is 1830. The number of hydrogen-bond donors (Lipinski definition) is 0. The lowest BCUT2D eigenvalue weighted by Gasteiger charge is -2.28. The van der Waals surface area contributed by atoms with Gasteiger partial charge in [-0.05, 0) is 91.3 Å². The summed E-state index contributed by atoms with van der Waals surface area (Å²) in [6, 6.07) is 21.8. The van der Waals surface area contributed by atoms with Crippen LogP contribution in [-0.2, 0) is 15.5 Å². The van der Waals surface area contributed by atoms with E-state index in [1.165, 1.54) is 0 Å². The van der Waals surface area contributed by atoms with Crippen molar-refractivity contribution in [1.82, 2.24) is 0 Å². The smallest absolute Gasteiger partial charge is 0.497 e. The molecule has 3 atom stereocenters. The van der Waals surface area contributed by atoms with E-state index in [-0.39, 0.29) is 5.92 Å². The van der Waals surface area contributed by atoms with Gasteiger partial charge in [-0.1, -0.05) is 63.9 Å². The average Bonchev–Trinajstić information content (AvgIpc) is 3.08. The van der Waals surface area contributed by atoms with Gasteiger partial charge >= 0.3 is 29.1 Å². The van der Waals surface area contributed by atoms with Gasteiger partial charge in [0.1, 0.15) is 39.9 Å². The molecule has 0 amide bonds. The summed E-state index contributed by atoms with van der Waals surface area (Å²) in [5, 5.41) is 0. The predicted molar refractivity (Wildman–Crippen MR) is 185 cm³/mol. The van der Waals surface area contributed by atoms with E-state index in [4.69, 9.17) is 31.9 Å². The fourth-order valence-electron chi connectivity index (χ4n) is 5.78. The van der Waals surface area contributed by atoms with E-state index in [2.05, 4.69) is 26.8 Å². The summed E-state index contributed by atoms with van der Waals surface area (Å²) in [6.07, 6.45) is 4.37. The SMILES string of the molecule is CCCCc1cc(OC)cc(-c2cc(C)cc(C(C)CCC)c2OP2OC(=O)c3ccccc3O2)c1OP1OC(=O)c2ccccc2O1. The van der Waals surface area contributed by atoms with Crippen molar-refractivity contribution in [3.8, 4) is 39.9 Å². The van der Waals surface area contributed by atoms with E-state index in [1.807, 2.05) is 25.1 Å². The first-order valence-electron chi connectivity index (χ1n) is 16.1. The van der Waals surface area contributed by atoms with Crippen molar-refractivity contribution in [3.63, 3.8) is 0 Å². The molecule has 2 aliphatic rings. The van der Waals surface area contributed by atoms with Crippen LogP contribution in [0.5, 0.6) is 28.7 Å². The fourth-order valence-corrected chi connectivity index (χ4v) is 7.83. The molecule has 2 heterocycles. The van der Waals surface area contributed by atoms with Gasteiger partial charge in [-0.15, -0.1) is 0 Å². The maximum atomic E-state index is 13.0. The minimum absolute atomic E-state index is 0.101. The van der Waals surface area contributed by atoms with Gasteiger partial charge in [0, 0.05) is 11.1 Å². The zero-order valence-electron chi connectivity index (χ0n) is 27.6. The Morgan fingerprint density at radius 3 is 1.88 bits per heavy atom. The fraction of sp³-hybridized carbons (Fsp3) is 0.297. The molecule has 4 aromatic rings. The average molecular weight is 689 g/mol. The van der Waals surface area contributed by atoms with E-state index < -0.39 is 29.1 Å². The Morgan fingerprint density at radius 2 is 1.29 bits per heavy atom. The molecule has 2 aliphatic heterocycles. The molecule has 0 radical (unpaired) electrons. The zero-order valence-corrected chi connectivity index (χ0v) is 29.4. The summed E-state index contributed by atoms with van der Waals surface area (Å²) in [7, 11) is -2.66. The molecule has 0 spiro atoms. The van der Waals surface area contributed by atoms with Crippen molar-refractivity contribution in [2.75, 3.05) is 7.11 Å². The number of methoxy groups -OCH3 is 1. The van der Waals surface area contributed by atoms with Crippen molar-refractivity contribution in [3.05, 3.63) is 101 Å². The first-order valence-corrected chi connectivity index (χ1v) is 18.3. The summed E-state index contributed by atoms with van der Waals surface area (Å²) in [6.45, 7) is 8.44. The second-order valence-corrected chi connectivity index (χ2v) is 13.7. The highest BCUT2D eigenvalue weighted by molar-refractivity contribution is 7.43. The third kappa shape index (κ3) is 7.08. The maximum absolute atomic E-state index is 13.0. The van der Waals surface area contributed by atoms with Crippen molar-refractivity contribution in [2.45, 2.75) is 65.7 Å². The van der Waals surface area contributed by atoms with Crippen LogP contribution in [0.3, 0.4) is 0 Å². The van der Waals surface area contributed by atoms with Crippen LogP contribution in [-0.4, -0.2) is 19.0 Å². The highest BCUT2D eigenvalue weighted by Gasteiger charge is 2.36. The molecule has 0 saturated carbocycles. The van der Waals surface area contributed by atoms with Crippen molar-refractivity contribution in [2.24, 2.45) is 0 Å². The molecule has 0 aliphatic carbocycles. The van der Waals surface area contributed by atoms with Crippen molar-refractivity contribution < 1.29 is 41.5 Å². The highest BCUT2D eigenvalue weighted by Crippen LogP contribution is 2.55. The quantitative estimate of drug-likeness (QED) is 0.135. The monoisotopic (exact) mass is 688 g/mol. The lowest BCUT2D eigenvalue weighted by atomic mass is 9.89. The molecule has 0 N–H and O–H groups in total. The number of hydrogen-bond acceptors (Lipinski definition) is 9. The molecular weight excluding hydrogens is 650 g/mol. The molecule has 0 fully saturated rings. The minimum Gasteiger partial charge on any atom is -0.497 e. The molecule has 4 aromatic carbocycles. The van der Waals surface area contributed by atoms with Crippen LogP contribution in [0.2, 0.25) is 0 Å². The van der Waals surface area contributed by atoms with Gasteiger partial charge in [0.25, 0.3) is 0 Å². The first-order chi connectivity index (χ1) is 23.3. The number of benzene rings is 4. The molecule has 6 rings (SSSR count). The predicted octanol–water partition coefficient (Wildman–Crippen LogP) is 10.6. The molecule has 48 heavy (non-hydrogen) atoms. The van der Waals surface area contributed by atoms with E-state index in [0.717, 1.165) is 42.4 Å². The van der Waals surface area contributed by atoms with Gasteiger partial charge in [-0.2, -0.15) is 0 Å². The number of carbonyl (C=O) groups is 2. The summed E-state index contributed by atoms with van der Waals surface area (Å²) < 4.78 is 42.6. The van der Waals surface area contributed by atoms with Crippen LogP contribution in [0.15, 0.2) is 72.8 Å². The lowest BCUT2D eigenvalue weighted by molar-refractivity contribution is 0.0685.